The Morgan fingerprint density at radius 1 is 1.53 bits per heavy atom. The second-order valence-corrected chi connectivity index (χ2v) is 3.68. The largest absolute Gasteiger partial charge is 0.417 e. The van der Waals surface area contributed by atoms with Gasteiger partial charge in [-0.2, -0.15) is 13.2 Å². The Kier molecular flexibility index (Phi) is 3.09. The van der Waals surface area contributed by atoms with E-state index in [1.165, 1.54) is 13.8 Å². The molecule has 0 saturated carbocycles. The Morgan fingerprint density at radius 3 is 2.53 bits per heavy atom. The molecule has 15 heavy (non-hydrogen) atoms. The van der Waals surface area contributed by atoms with Crippen LogP contribution in [0.4, 0.5) is 13.2 Å². The third-order valence-corrected chi connectivity index (χ3v) is 1.91. The first kappa shape index (κ1) is 12.4. The van der Waals surface area contributed by atoms with E-state index in [1.807, 2.05) is 0 Å². The zero-order valence-electron chi connectivity index (χ0n) is 8.17. The summed E-state index contributed by atoms with van der Waals surface area (Å²) in [4.78, 5) is 11.1. The number of alkyl halides is 3. The van der Waals surface area contributed by atoms with Gasteiger partial charge in [0.15, 0.2) is 23.8 Å². The second kappa shape index (κ2) is 3.73. The topological polar surface area (TPSA) is 55.8 Å². The molecule has 1 N–H and O–H groups in total. The van der Waals surface area contributed by atoms with Crippen molar-refractivity contribution in [1.82, 2.24) is 0 Å². The predicted molar refractivity (Wildman–Crippen MR) is 42.0 cm³/mol. The molecule has 1 heterocycles. The Bertz CT molecular complexity index is 258. The average molecular weight is 228 g/mol. The summed E-state index contributed by atoms with van der Waals surface area (Å²) in [6, 6.07) is 0. The van der Waals surface area contributed by atoms with Crippen LogP contribution in [0.15, 0.2) is 0 Å². The van der Waals surface area contributed by atoms with E-state index in [2.05, 4.69) is 0 Å². The highest BCUT2D eigenvalue weighted by Crippen LogP contribution is 2.29. The molecule has 0 bridgehead atoms. The molecule has 4 nitrogen and oxygen atoms in total. The number of carbonyl (C=O) groups is 1. The highest BCUT2D eigenvalue weighted by atomic mass is 19.4. The molecule has 1 saturated heterocycles. The maximum absolute atomic E-state index is 12.1. The van der Waals surface area contributed by atoms with Gasteiger partial charge in [-0.15, -0.1) is 0 Å². The summed E-state index contributed by atoms with van der Waals surface area (Å²) in [5.41, 5.74) is 0. The molecule has 0 aromatic rings. The number of hydrogen-bond acceptors (Lipinski definition) is 4. The summed E-state index contributed by atoms with van der Waals surface area (Å²) in [6.45, 7) is 2.25. The van der Waals surface area contributed by atoms with E-state index < -0.39 is 36.6 Å². The van der Waals surface area contributed by atoms with E-state index in [-0.39, 0.29) is 0 Å². The fourth-order valence-corrected chi connectivity index (χ4v) is 1.14. The molecule has 0 aromatic heterocycles. The lowest BCUT2D eigenvalue weighted by Crippen LogP contribution is -2.55. The molecule has 0 unspecified atom stereocenters. The molecule has 0 radical (unpaired) electrons. The Balaban J connectivity index is 2.79. The number of halogens is 3. The van der Waals surface area contributed by atoms with E-state index in [4.69, 9.17) is 14.6 Å². The lowest BCUT2D eigenvalue weighted by atomic mass is 10.1. The summed E-state index contributed by atoms with van der Waals surface area (Å²) in [7, 11) is 0. The molecule has 0 aliphatic carbocycles. The molecule has 0 amide bonds. The molecule has 1 aliphatic rings. The van der Waals surface area contributed by atoms with Crippen LogP contribution in [-0.2, 0) is 14.3 Å². The standard InChI is InChI=1S/C8H11F3O4/c1-7(2)14-3-4(12)5(15-7)6(13)8(9,10)11/h5-6,13H,3H2,1-2H3/t5-,6-/m1/s1. The van der Waals surface area contributed by atoms with Crippen LogP contribution in [-0.4, -0.2) is 41.7 Å². The average Bonchev–Trinajstić information content (AvgIpc) is 2.06. The lowest BCUT2D eigenvalue weighted by molar-refractivity contribution is -0.303. The van der Waals surface area contributed by atoms with Gasteiger partial charge in [0.25, 0.3) is 0 Å². The number of aliphatic hydroxyl groups excluding tert-OH is 1. The zero-order chi connectivity index (χ0) is 11.9. The summed E-state index contributed by atoms with van der Waals surface area (Å²) in [5, 5.41) is 8.89. The normalized spacial score (nSPS) is 28.9. The van der Waals surface area contributed by atoms with Crippen molar-refractivity contribution in [1.29, 1.82) is 0 Å². The molecule has 7 heteroatoms. The minimum absolute atomic E-state index is 0.495. The molecule has 1 rings (SSSR count). The maximum Gasteiger partial charge on any atom is 0.417 e. The van der Waals surface area contributed by atoms with Crippen LogP contribution in [0, 0.1) is 0 Å². The molecule has 2 atom stereocenters. The van der Waals surface area contributed by atoms with Gasteiger partial charge in [-0.25, -0.2) is 0 Å². The smallest absolute Gasteiger partial charge is 0.381 e. The quantitative estimate of drug-likeness (QED) is 0.715. The van der Waals surface area contributed by atoms with Gasteiger partial charge >= 0.3 is 6.18 Å². The molecule has 88 valence electrons. The fraction of sp³-hybridized carbons (Fsp3) is 0.875. The van der Waals surface area contributed by atoms with Gasteiger partial charge in [0.05, 0.1) is 0 Å². The predicted octanol–water partition coefficient (Wildman–Crippen LogP) is 0.630. The van der Waals surface area contributed by atoms with E-state index in [0.717, 1.165) is 0 Å². The van der Waals surface area contributed by atoms with Crippen LogP contribution >= 0.6 is 0 Å². The molecule has 0 spiro atoms. The van der Waals surface area contributed by atoms with Crippen LogP contribution < -0.4 is 0 Å². The van der Waals surface area contributed by atoms with E-state index in [0.29, 0.717) is 0 Å². The van der Waals surface area contributed by atoms with Crippen molar-refractivity contribution in [3.05, 3.63) is 0 Å². The Labute approximate surface area is 84.0 Å². The number of hydrogen-bond donors (Lipinski definition) is 1. The SMILES string of the molecule is CC1(C)OCC(=O)[C@H]([C@@H](O)C(F)(F)F)O1. The number of ether oxygens (including phenoxy) is 2. The van der Waals surface area contributed by atoms with Crippen molar-refractivity contribution in [3.8, 4) is 0 Å². The number of carbonyl (C=O) groups excluding carboxylic acids is 1. The highest BCUT2D eigenvalue weighted by Gasteiger charge is 2.50. The minimum atomic E-state index is -4.88. The number of Topliss-reactive ketones (excluding diaryl/α,β-unsaturated/α-hetero) is 1. The van der Waals surface area contributed by atoms with Crippen LogP contribution in [0.2, 0.25) is 0 Å². The fourth-order valence-electron chi connectivity index (χ4n) is 1.14. The van der Waals surface area contributed by atoms with Crippen molar-refractivity contribution >= 4 is 5.78 Å². The van der Waals surface area contributed by atoms with Crippen molar-refractivity contribution in [2.45, 2.75) is 38.0 Å². The Hall–Kier alpha value is -0.660. The monoisotopic (exact) mass is 228 g/mol. The first-order chi connectivity index (χ1) is 6.63. The van der Waals surface area contributed by atoms with Crippen molar-refractivity contribution in [2.75, 3.05) is 6.61 Å². The van der Waals surface area contributed by atoms with E-state index >= 15 is 0 Å². The summed E-state index contributed by atoms with van der Waals surface area (Å²) in [6.07, 6.45) is -9.60. The number of aliphatic hydroxyl groups is 1. The van der Waals surface area contributed by atoms with Crippen LogP contribution in [0.3, 0.4) is 0 Å². The van der Waals surface area contributed by atoms with Gasteiger partial charge in [-0.3, -0.25) is 4.79 Å². The first-order valence-corrected chi connectivity index (χ1v) is 4.23. The van der Waals surface area contributed by atoms with Gasteiger partial charge in [0.1, 0.15) is 6.61 Å². The van der Waals surface area contributed by atoms with Gasteiger partial charge in [0.2, 0.25) is 0 Å². The van der Waals surface area contributed by atoms with Crippen LogP contribution in [0.5, 0.6) is 0 Å². The third kappa shape index (κ3) is 2.90. The van der Waals surface area contributed by atoms with E-state index in [9.17, 15) is 18.0 Å². The molecule has 0 aromatic carbocycles. The molecule has 1 fully saturated rings. The van der Waals surface area contributed by atoms with Gasteiger partial charge < -0.3 is 14.6 Å². The maximum atomic E-state index is 12.1. The van der Waals surface area contributed by atoms with Gasteiger partial charge in [-0.05, 0) is 13.8 Å². The third-order valence-electron chi connectivity index (χ3n) is 1.91. The van der Waals surface area contributed by atoms with Crippen molar-refractivity contribution in [3.63, 3.8) is 0 Å². The minimum Gasteiger partial charge on any atom is -0.381 e. The highest BCUT2D eigenvalue weighted by molar-refractivity contribution is 5.85. The van der Waals surface area contributed by atoms with Gasteiger partial charge in [0, 0.05) is 0 Å². The van der Waals surface area contributed by atoms with Crippen molar-refractivity contribution < 1.29 is 32.5 Å². The molecular formula is C8H11F3O4. The van der Waals surface area contributed by atoms with Crippen LogP contribution in [0.25, 0.3) is 0 Å². The number of rotatable bonds is 1. The first-order valence-electron chi connectivity index (χ1n) is 4.23. The second-order valence-electron chi connectivity index (χ2n) is 3.68. The van der Waals surface area contributed by atoms with Crippen molar-refractivity contribution in [2.24, 2.45) is 0 Å². The van der Waals surface area contributed by atoms with Gasteiger partial charge in [-0.1, -0.05) is 0 Å². The Morgan fingerprint density at radius 2 is 2.07 bits per heavy atom. The molecular weight excluding hydrogens is 217 g/mol. The lowest BCUT2D eigenvalue weighted by Gasteiger charge is -2.37. The van der Waals surface area contributed by atoms with E-state index in [1.54, 1.807) is 0 Å². The summed E-state index contributed by atoms with van der Waals surface area (Å²) >= 11 is 0. The summed E-state index contributed by atoms with van der Waals surface area (Å²) in [5.74, 6) is -2.22. The molecule has 1 aliphatic heterocycles. The number of ketones is 1. The zero-order valence-corrected chi connectivity index (χ0v) is 8.17. The van der Waals surface area contributed by atoms with Crippen LogP contribution in [0.1, 0.15) is 13.8 Å². The summed E-state index contributed by atoms with van der Waals surface area (Å²) < 4.78 is 46.0.